The summed E-state index contributed by atoms with van der Waals surface area (Å²) in [5.74, 6) is 1.24. The molecule has 4 aromatic rings. The first-order valence-electron chi connectivity index (χ1n) is 13.0. The summed E-state index contributed by atoms with van der Waals surface area (Å²) in [6, 6.07) is 15.2. The zero-order valence-corrected chi connectivity index (χ0v) is 27.1. The second-order valence-corrected chi connectivity index (χ2v) is 12.5. The van der Waals surface area contributed by atoms with E-state index in [0.29, 0.717) is 11.6 Å². The summed E-state index contributed by atoms with van der Waals surface area (Å²) in [5.41, 5.74) is 3.01. The number of pyridine rings is 2. The zero-order valence-electron chi connectivity index (χ0n) is 24.9. The first-order valence-corrected chi connectivity index (χ1v) is 13.0. The summed E-state index contributed by atoms with van der Waals surface area (Å²) in [6.45, 7) is 31.8. The van der Waals surface area contributed by atoms with Gasteiger partial charge in [-0.15, -0.1) is 12.1 Å². The Morgan fingerprint density at radius 1 is 0.714 bits per heavy atom. The molecule has 4 aromatic heterocycles. The molecular formula is C33H30N8Pt. The molecule has 0 fully saturated rings. The van der Waals surface area contributed by atoms with Gasteiger partial charge in [0.05, 0.1) is 18.5 Å². The Kier molecular flexibility index (Phi) is 8.70. The van der Waals surface area contributed by atoms with Crippen LogP contribution < -0.4 is 0 Å². The van der Waals surface area contributed by atoms with Gasteiger partial charge in [-0.05, 0) is 77.9 Å². The molecule has 0 spiro atoms. The van der Waals surface area contributed by atoms with Crippen LogP contribution in [0.3, 0.4) is 0 Å². The number of hydrogen-bond acceptors (Lipinski definition) is 4. The topological polar surface area (TPSA) is 91.9 Å². The molecule has 4 heterocycles. The molecule has 0 saturated carbocycles. The van der Waals surface area contributed by atoms with Crippen LogP contribution in [0, 0.1) is 48.2 Å². The van der Waals surface area contributed by atoms with Crippen molar-refractivity contribution in [1.29, 1.82) is 10.5 Å². The first-order chi connectivity index (χ1) is 19.1. The van der Waals surface area contributed by atoms with E-state index >= 15 is 0 Å². The van der Waals surface area contributed by atoms with E-state index in [4.69, 9.17) is 23.1 Å². The molecule has 0 saturated heterocycles. The Morgan fingerprint density at radius 2 is 1.24 bits per heavy atom. The van der Waals surface area contributed by atoms with Crippen LogP contribution in [-0.4, -0.2) is 19.1 Å². The molecule has 212 valence electrons. The Morgan fingerprint density at radius 3 is 1.67 bits per heavy atom. The molecule has 0 radical (unpaired) electrons. The molecule has 0 aliphatic heterocycles. The van der Waals surface area contributed by atoms with E-state index in [2.05, 4.69) is 87.9 Å². The Balaban J connectivity index is 0.00000484. The van der Waals surface area contributed by atoms with Crippen molar-refractivity contribution in [2.45, 2.75) is 71.6 Å². The molecular weight excluding hydrogens is 703 g/mol. The van der Waals surface area contributed by atoms with Gasteiger partial charge in [-0.1, -0.05) is 48.1 Å². The third-order valence-corrected chi connectivity index (χ3v) is 7.04. The number of rotatable bonds is 4. The maximum absolute atomic E-state index is 9.75. The number of hydrogen-bond donors (Lipinski definition) is 0. The van der Waals surface area contributed by atoms with Crippen molar-refractivity contribution >= 4 is 11.5 Å². The summed E-state index contributed by atoms with van der Waals surface area (Å²) in [5, 5.41) is 19.2. The molecule has 4 rings (SSSR count). The van der Waals surface area contributed by atoms with Crippen LogP contribution in [0.5, 0.6) is 0 Å². The fourth-order valence-corrected chi connectivity index (χ4v) is 4.34. The maximum Gasteiger partial charge on any atom is 2.00 e. The molecule has 0 aliphatic rings. The van der Waals surface area contributed by atoms with Gasteiger partial charge in [0.2, 0.25) is 0 Å². The van der Waals surface area contributed by atoms with E-state index in [9.17, 15) is 10.5 Å². The first kappa shape index (κ1) is 32.0. The average molecular weight is 734 g/mol. The number of aromatic nitrogens is 4. The summed E-state index contributed by atoms with van der Waals surface area (Å²) in [4.78, 5) is 17.0. The number of nitriles is 2. The van der Waals surface area contributed by atoms with Crippen LogP contribution in [-0.2, 0) is 37.3 Å². The molecule has 8 nitrogen and oxygen atoms in total. The van der Waals surface area contributed by atoms with E-state index in [-0.39, 0.29) is 54.7 Å². The second-order valence-electron chi connectivity index (χ2n) is 12.5. The fraction of sp³-hybridized carbons (Fsp3) is 0.333. The van der Waals surface area contributed by atoms with Crippen molar-refractivity contribution in [1.82, 2.24) is 19.1 Å². The van der Waals surface area contributed by atoms with Gasteiger partial charge in [0, 0.05) is 28.7 Å². The monoisotopic (exact) mass is 733 g/mol. The second kappa shape index (κ2) is 11.4. The standard InChI is InChI=1S/C33H30N8.Pt/c1-31(2,3)22-12-26(38-29(14-22)40-19-21(17-34)11-25(40)18-35)33(7,8)27-13-23(32(4,5)6)15-30(39-27)41-20-24(36-9)16-28(41)37-10;/h11-16H,1-8H3;/q-2;+2. The van der Waals surface area contributed by atoms with Crippen molar-refractivity contribution in [3.8, 4) is 23.8 Å². The summed E-state index contributed by atoms with van der Waals surface area (Å²) in [6.07, 6.45) is 5.95. The van der Waals surface area contributed by atoms with Crippen molar-refractivity contribution in [2.75, 3.05) is 0 Å². The van der Waals surface area contributed by atoms with Crippen LogP contribution in [0.1, 0.15) is 89.2 Å². The third kappa shape index (κ3) is 6.06. The van der Waals surface area contributed by atoms with Gasteiger partial charge in [-0.2, -0.15) is 0 Å². The van der Waals surface area contributed by atoms with Gasteiger partial charge < -0.3 is 14.0 Å². The van der Waals surface area contributed by atoms with Gasteiger partial charge in [-0.25, -0.2) is 10.5 Å². The van der Waals surface area contributed by atoms with Crippen molar-refractivity contribution in [3.63, 3.8) is 0 Å². The molecule has 0 amide bonds. The van der Waals surface area contributed by atoms with E-state index in [1.165, 1.54) is 21.3 Å². The average Bonchev–Trinajstić information content (AvgIpc) is 3.55. The largest absolute Gasteiger partial charge is 2.00 e. The van der Waals surface area contributed by atoms with E-state index in [1.54, 1.807) is 0 Å². The molecule has 0 unspecified atom stereocenters. The van der Waals surface area contributed by atoms with Gasteiger partial charge in [0.1, 0.15) is 11.5 Å². The van der Waals surface area contributed by atoms with Gasteiger partial charge >= 0.3 is 21.1 Å². The van der Waals surface area contributed by atoms with Crippen LogP contribution in [0.25, 0.3) is 21.3 Å². The fourth-order valence-electron chi connectivity index (χ4n) is 4.34. The maximum atomic E-state index is 9.75. The molecule has 0 aromatic carbocycles. The minimum atomic E-state index is -0.724. The molecule has 0 atom stereocenters. The number of nitrogens with zero attached hydrogens (tertiary/aromatic N) is 8. The Hall–Kier alpha value is -4.49. The molecule has 0 bridgehead atoms. The van der Waals surface area contributed by atoms with Crippen LogP contribution in [0.15, 0.2) is 36.4 Å². The molecule has 0 N–H and O–H groups in total. The predicted molar refractivity (Wildman–Crippen MR) is 156 cm³/mol. The van der Waals surface area contributed by atoms with Gasteiger partial charge in [-0.3, -0.25) is 14.8 Å². The smallest absolute Gasteiger partial charge is 0.393 e. The zero-order chi connectivity index (χ0) is 30.3. The Bertz CT molecular complexity index is 1700. The molecule has 42 heavy (non-hydrogen) atoms. The molecule has 0 aliphatic carbocycles. The van der Waals surface area contributed by atoms with E-state index in [1.807, 2.05) is 26.0 Å². The summed E-state index contributed by atoms with van der Waals surface area (Å²) >= 11 is 0. The minimum absolute atomic E-state index is 0. The quantitative estimate of drug-likeness (QED) is 0.204. The van der Waals surface area contributed by atoms with Crippen molar-refractivity contribution < 1.29 is 21.1 Å². The van der Waals surface area contributed by atoms with Crippen molar-refractivity contribution in [2.24, 2.45) is 0 Å². The third-order valence-electron chi connectivity index (χ3n) is 7.04. The van der Waals surface area contributed by atoms with Crippen molar-refractivity contribution in [3.05, 3.63) is 105 Å². The Labute approximate surface area is 262 Å². The van der Waals surface area contributed by atoms with Gasteiger partial charge in [0.25, 0.3) is 0 Å². The van der Waals surface area contributed by atoms with E-state index in [0.717, 1.165) is 22.5 Å². The molecule has 9 heteroatoms. The van der Waals surface area contributed by atoms with E-state index < -0.39 is 5.41 Å². The minimum Gasteiger partial charge on any atom is -0.393 e. The van der Waals surface area contributed by atoms with Gasteiger partial charge in [0.15, 0.2) is 5.82 Å². The van der Waals surface area contributed by atoms with Crippen LogP contribution >= 0.6 is 0 Å². The summed E-state index contributed by atoms with van der Waals surface area (Å²) < 4.78 is 3.07. The summed E-state index contributed by atoms with van der Waals surface area (Å²) in [7, 11) is 0. The van der Waals surface area contributed by atoms with Crippen LogP contribution in [0.4, 0.5) is 11.5 Å². The van der Waals surface area contributed by atoms with Crippen LogP contribution in [0.2, 0.25) is 0 Å². The predicted octanol–water partition coefficient (Wildman–Crippen LogP) is 7.42. The SMILES string of the molecule is [C-]#[N+]c1[c-]n(-c2cc(C(C)(C)C)cc(C(C)(C)c3cc(C(C)(C)C)cc(-n4[c-]c(C#N)cc4C#N)n3)n2)c([N+]#[C-])c1.[Pt+2]. The normalized spacial score (nSPS) is 11.5.